The van der Waals surface area contributed by atoms with Crippen molar-refractivity contribution in [3.63, 3.8) is 0 Å². The lowest BCUT2D eigenvalue weighted by atomic mass is 9.85. The Morgan fingerprint density at radius 3 is 2.89 bits per heavy atom. The van der Waals surface area contributed by atoms with Gasteiger partial charge in [-0.2, -0.15) is 0 Å². The Bertz CT molecular complexity index is 435. The summed E-state index contributed by atoms with van der Waals surface area (Å²) in [6.07, 6.45) is 6.90. The molecule has 0 amide bonds. The molecule has 1 aliphatic heterocycles. The third kappa shape index (κ3) is 2.48. The van der Waals surface area contributed by atoms with Gasteiger partial charge in [-0.3, -0.25) is 4.90 Å². The number of halogens is 2. The van der Waals surface area contributed by atoms with E-state index in [1.54, 1.807) is 12.1 Å². The summed E-state index contributed by atoms with van der Waals surface area (Å²) in [6, 6.07) is 5.82. The lowest BCUT2D eigenvalue weighted by Crippen LogP contribution is -2.34. The molecule has 1 nitrogen and oxygen atoms in total. The van der Waals surface area contributed by atoms with Crippen LogP contribution in [0.5, 0.6) is 0 Å². The quantitative estimate of drug-likeness (QED) is 0.784. The molecule has 2 aliphatic rings. The van der Waals surface area contributed by atoms with Crippen LogP contribution in [0.25, 0.3) is 0 Å². The van der Waals surface area contributed by atoms with Gasteiger partial charge in [0.15, 0.2) is 0 Å². The fourth-order valence-corrected chi connectivity index (χ4v) is 4.04. The maximum Gasteiger partial charge on any atom is 0.124 e. The van der Waals surface area contributed by atoms with Crippen LogP contribution in [0.2, 0.25) is 0 Å². The first-order valence-corrected chi connectivity index (χ1v) is 7.71. The molecule has 2 atom stereocenters. The molecule has 1 aliphatic carbocycles. The second-order valence-electron chi connectivity index (χ2n) is 5.61. The van der Waals surface area contributed by atoms with Crippen LogP contribution in [0, 0.1) is 11.7 Å². The highest BCUT2D eigenvalue weighted by Gasteiger charge is 2.35. The first-order valence-electron chi connectivity index (χ1n) is 6.92. The Balaban J connectivity index is 1.72. The zero-order chi connectivity index (χ0) is 12.5. The SMILES string of the molecule is Fc1ccc(CN2CCC3CCCCC32)c(Br)c1. The van der Waals surface area contributed by atoms with E-state index in [1.807, 2.05) is 6.07 Å². The molecule has 3 rings (SSSR count). The fourth-order valence-electron chi connectivity index (χ4n) is 3.57. The van der Waals surface area contributed by atoms with Gasteiger partial charge in [0, 0.05) is 17.1 Å². The first-order chi connectivity index (χ1) is 8.74. The third-order valence-corrected chi connectivity index (χ3v) is 5.25. The lowest BCUT2D eigenvalue weighted by Gasteiger charge is -2.31. The predicted octanol–water partition coefficient (Wildman–Crippen LogP) is 4.35. The highest BCUT2D eigenvalue weighted by atomic mass is 79.9. The Kier molecular flexibility index (Phi) is 3.71. The Morgan fingerprint density at radius 1 is 1.22 bits per heavy atom. The van der Waals surface area contributed by atoms with Gasteiger partial charge >= 0.3 is 0 Å². The standard InChI is InChI=1S/C15H19BrFN/c16-14-9-13(17)6-5-12(14)10-18-8-7-11-3-1-2-4-15(11)18/h5-6,9,11,15H,1-4,7-8,10H2. The van der Waals surface area contributed by atoms with Gasteiger partial charge in [-0.25, -0.2) is 4.39 Å². The summed E-state index contributed by atoms with van der Waals surface area (Å²) in [5.74, 6) is 0.751. The summed E-state index contributed by atoms with van der Waals surface area (Å²) in [5.41, 5.74) is 1.21. The number of hydrogen-bond acceptors (Lipinski definition) is 1. The average Bonchev–Trinajstić information content (AvgIpc) is 2.76. The molecule has 1 aromatic carbocycles. The van der Waals surface area contributed by atoms with E-state index in [-0.39, 0.29) is 5.82 Å². The van der Waals surface area contributed by atoms with Crippen molar-refractivity contribution in [1.82, 2.24) is 4.90 Å². The van der Waals surface area contributed by atoms with Gasteiger partial charge in [-0.15, -0.1) is 0 Å². The van der Waals surface area contributed by atoms with Crippen LogP contribution in [-0.2, 0) is 6.54 Å². The molecule has 2 fully saturated rings. The molecule has 1 saturated heterocycles. The van der Waals surface area contributed by atoms with E-state index < -0.39 is 0 Å². The number of nitrogens with zero attached hydrogens (tertiary/aromatic N) is 1. The van der Waals surface area contributed by atoms with Crippen molar-refractivity contribution in [2.75, 3.05) is 6.54 Å². The molecular weight excluding hydrogens is 293 g/mol. The second kappa shape index (κ2) is 5.30. The molecule has 0 bridgehead atoms. The minimum Gasteiger partial charge on any atom is -0.296 e. The highest BCUT2D eigenvalue weighted by molar-refractivity contribution is 9.10. The van der Waals surface area contributed by atoms with Crippen molar-refractivity contribution < 1.29 is 4.39 Å². The molecule has 18 heavy (non-hydrogen) atoms. The van der Waals surface area contributed by atoms with Crippen LogP contribution in [0.1, 0.15) is 37.7 Å². The second-order valence-corrected chi connectivity index (χ2v) is 6.46. The van der Waals surface area contributed by atoms with Crippen LogP contribution >= 0.6 is 15.9 Å². The summed E-state index contributed by atoms with van der Waals surface area (Å²) in [5, 5.41) is 0. The number of likely N-dealkylation sites (tertiary alicyclic amines) is 1. The van der Waals surface area contributed by atoms with Crippen molar-refractivity contribution in [2.24, 2.45) is 5.92 Å². The molecule has 2 unspecified atom stereocenters. The molecule has 1 saturated carbocycles. The number of benzene rings is 1. The zero-order valence-electron chi connectivity index (χ0n) is 10.5. The predicted molar refractivity (Wildman–Crippen MR) is 74.9 cm³/mol. The number of rotatable bonds is 2. The molecule has 1 aromatic rings. The molecule has 1 heterocycles. The minimum absolute atomic E-state index is 0.164. The smallest absolute Gasteiger partial charge is 0.124 e. The van der Waals surface area contributed by atoms with E-state index in [9.17, 15) is 4.39 Å². The summed E-state index contributed by atoms with van der Waals surface area (Å²) in [7, 11) is 0. The van der Waals surface area contributed by atoms with Gasteiger partial charge in [0.25, 0.3) is 0 Å². The normalized spacial score (nSPS) is 28.3. The van der Waals surface area contributed by atoms with Crippen molar-refractivity contribution in [3.8, 4) is 0 Å². The van der Waals surface area contributed by atoms with Crippen molar-refractivity contribution in [1.29, 1.82) is 0 Å². The Morgan fingerprint density at radius 2 is 2.06 bits per heavy atom. The molecule has 3 heteroatoms. The molecule has 0 spiro atoms. The summed E-state index contributed by atoms with van der Waals surface area (Å²) in [6.45, 7) is 2.17. The van der Waals surface area contributed by atoms with Gasteiger partial charge < -0.3 is 0 Å². The maximum atomic E-state index is 13.1. The van der Waals surface area contributed by atoms with Crippen LogP contribution < -0.4 is 0 Å². The summed E-state index contributed by atoms with van der Waals surface area (Å²) in [4.78, 5) is 2.60. The molecule has 0 N–H and O–H groups in total. The topological polar surface area (TPSA) is 3.24 Å². The van der Waals surface area contributed by atoms with Gasteiger partial charge in [0.05, 0.1) is 0 Å². The van der Waals surface area contributed by atoms with Gasteiger partial charge in [0.1, 0.15) is 5.82 Å². The Hall–Kier alpha value is -0.410. The molecule has 0 radical (unpaired) electrons. The average molecular weight is 312 g/mol. The van der Waals surface area contributed by atoms with Crippen molar-refractivity contribution >= 4 is 15.9 Å². The van der Waals surface area contributed by atoms with Crippen LogP contribution in [0.3, 0.4) is 0 Å². The summed E-state index contributed by atoms with van der Waals surface area (Å²) < 4.78 is 14.0. The Labute approximate surface area is 116 Å². The van der Waals surface area contributed by atoms with E-state index in [4.69, 9.17) is 0 Å². The van der Waals surface area contributed by atoms with E-state index in [0.717, 1.165) is 23.0 Å². The van der Waals surface area contributed by atoms with E-state index in [0.29, 0.717) is 0 Å². The van der Waals surface area contributed by atoms with Crippen LogP contribution in [0.15, 0.2) is 22.7 Å². The summed E-state index contributed by atoms with van der Waals surface area (Å²) >= 11 is 3.48. The minimum atomic E-state index is -0.164. The van der Waals surface area contributed by atoms with Gasteiger partial charge in [0.2, 0.25) is 0 Å². The third-order valence-electron chi connectivity index (χ3n) is 4.51. The molecule has 98 valence electrons. The number of hydrogen-bond donors (Lipinski definition) is 0. The largest absolute Gasteiger partial charge is 0.296 e. The van der Waals surface area contributed by atoms with E-state index in [2.05, 4.69) is 20.8 Å². The van der Waals surface area contributed by atoms with Crippen LogP contribution in [0.4, 0.5) is 4.39 Å². The molecule has 0 aromatic heterocycles. The molecular formula is C15H19BrFN. The lowest BCUT2D eigenvalue weighted by molar-refractivity contribution is 0.175. The van der Waals surface area contributed by atoms with Crippen molar-refractivity contribution in [3.05, 3.63) is 34.1 Å². The highest BCUT2D eigenvalue weighted by Crippen LogP contribution is 2.37. The van der Waals surface area contributed by atoms with Gasteiger partial charge in [-0.05, 0) is 49.4 Å². The van der Waals surface area contributed by atoms with Crippen LogP contribution in [-0.4, -0.2) is 17.5 Å². The van der Waals surface area contributed by atoms with E-state index in [1.165, 1.54) is 44.2 Å². The first kappa shape index (κ1) is 12.6. The van der Waals surface area contributed by atoms with Gasteiger partial charge in [-0.1, -0.05) is 34.8 Å². The number of fused-ring (bicyclic) bond motifs is 1. The van der Waals surface area contributed by atoms with Crippen molar-refractivity contribution in [2.45, 2.75) is 44.7 Å². The van der Waals surface area contributed by atoms with E-state index >= 15 is 0 Å². The maximum absolute atomic E-state index is 13.1. The monoisotopic (exact) mass is 311 g/mol. The fraction of sp³-hybridized carbons (Fsp3) is 0.600. The zero-order valence-corrected chi connectivity index (χ0v) is 12.1.